The first-order chi connectivity index (χ1) is 16.0. The molecule has 0 atom stereocenters. The van der Waals surface area contributed by atoms with E-state index in [-0.39, 0.29) is 11.8 Å². The summed E-state index contributed by atoms with van der Waals surface area (Å²) in [6, 6.07) is 7.19. The van der Waals surface area contributed by atoms with Gasteiger partial charge in [0.1, 0.15) is 5.75 Å². The Balaban J connectivity index is 1.42. The second-order valence-corrected chi connectivity index (χ2v) is 9.47. The molecule has 0 radical (unpaired) electrons. The van der Waals surface area contributed by atoms with Crippen LogP contribution in [0.25, 0.3) is 0 Å². The molecule has 2 aliphatic rings. The Labute approximate surface area is 196 Å². The molecule has 3 aromatic rings. The summed E-state index contributed by atoms with van der Waals surface area (Å²) >= 11 is 1.51. The molecule has 2 aromatic heterocycles. The largest absolute Gasteiger partial charge is 0.497 e. The highest BCUT2D eigenvalue weighted by molar-refractivity contribution is 7.07. The number of fused-ring (bicyclic) bond motifs is 1. The van der Waals surface area contributed by atoms with Gasteiger partial charge in [-0.15, -0.1) is 11.3 Å². The van der Waals surface area contributed by atoms with Gasteiger partial charge in [0.15, 0.2) is 5.69 Å². The Bertz CT molecular complexity index is 1170. The number of carbonyl (C=O) groups excluding carboxylic acids is 2. The lowest BCUT2D eigenvalue weighted by Gasteiger charge is -2.28. The molecule has 8 nitrogen and oxygen atoms in total. The molecular formula is C24H27N5O3S. The predicted molar refractivity (Wildman–Crippen MR) is 124 cm³/mol. The average Bonchev–Trinajstić information content (AvgIpc) is 3.38. The van der Waals surface area contributed by atoms with Gasteiger partial charge in [-0.2, -0.15) is 5.10 Å². The summed E-state index contributed by atoms with van der Waals surface area (Å²) in [6.07, 6.45) is 3.11. The second kappa shape index (κ2) is 8.97. The van der Waals surface area contributed by atoms with Crippen molar-refractivity contribution in [1.29, 1.82) is 0 Å². The van der Waals surface area contributed by atoms with E-state index in [0.29, 0.717) is 49.0 Å². The van der Waals surface area contributed by atoms with Crippen LogP contribution in [-0.4, -0.2) is 57.1 Å². The van der Waals surface area contributed by atoms with E-state index in [4.69, 9.17) is 9.84 Å². The monoisotopic (exact) mass is 465 g/mol. The predicted octanol–water partition coefficient (Wildman–Crippen LogP) is 3.23. The number of nitrogens with zero attached hydrogens (tertiary/aromatic N) is 5. The van der Waals surface area contributed by atoms with Gasteiger partial charge in [0.25, 0.3) is 11.8 Å². The molecule has 1 aliphatic heterocycles. The lowest BCUT2D eigenvalue weighted by molar-refractivity contribution is 0.0720. The van der Waals surface area contributed by atoms with Crippen LogP contribution in [0.2, 0.25) is 0 Å². The highest BCUT2D eigenvalue weighted by atomic mass is 32.1. The molecule has 1 aromatic carbocycles. The topological polar surface area (TPSA) is 80.6 Å². The molecule has 2 amide bonds. The molecule has 0 N–H and O–H groups in total. The Morgan fingerprint density at radius 1 is 1.30 bits per heavy atom. The molecule has 33 heavy (non-hydrogen) atoms. The van der Waals surface area contributed by atoms with Gasteiger partial charge >= 0.3 is 0 Å². The molecular weight excluding hydrogens is 438 g/mol. The van der Waals surface area contributed by atoms with E-state index in [1.165, 1.54) is 24.2 Å². The van der Waals surface area contributed by atoms with Crippen molar-refractivity contribution in [2.75, 3.05) is 20.7 Å². The summed E-state index contributed by atoms with van der Waals surface area (Å²) in [5.74, 6) is 1.09. The molecule has 3 heterocycles. The van der Waals surface area contributed by atoms with Crippen molar-refractivity contribution in [2.45, 2.75) is 38.9 Å². The minimum Gasteiger partial charge on any atom is -0.497 e. The molecule has 9 heteroatoms. The molecule has 0 unspecified atom stereocenters. The number of ether oxygens (including phenoxy) is 1. The second-order valence-electron chi connectivity index (χ2n) is 8.75. The maximum absolute atomic E-state index is 13.4. The van der Waals surface area contributed by atoms with Crippen molar-refractivity contribution in [3.63, 3.8) is 0 Å². The highest BCUT2D eigenvalue weighted by Crippen LogP contribution is 2.33. The number of aromatic nitrogens is 3. The van der Waals surface area contributed by atoms with Crippen LogP contribution in [0.1, 0.15) is 50.6 Å². The van der Waals surface area contributed by atoms with Gasteiger partial charge < -0.3 is 14.5 Å². The van der Waals surface area contributed by atoms with Crippen molar-refractivity contribution in [1.82, 2.24) is 24.6 Å². The fraction of sp³-hybridized carbons (Fsp3) is 0.417. The third-order valence-electron chi connectivity index (χ3n) is 6.30. The molecule has 1 saturated carbocycles. The van der Waals surface area contributed by atoms with Crippen LogP contribution in [-0.2, 0) is 26.1 Å². The first kappa shape index (κ1) is 21.6. The Hall–Kier alpha value is -3.20. The zero-order valence-electron chi connectivity index (χ0n) is 18.9. The first-order valence-electron chi connectivity index (χ1n) is 11.2. The summed E-state index contributed by atoms with van der Waals surface area (Å²) in [4.78, 5) is 34.4. The first-order valence-corrected chi connectivity index (χ1v) is 12.1. The van der Waals surface area contributed by atoms with E-state index in [9.17, 15) is 9.59 Å². The van der Waals surface area contributed by atoms with Gasteiger partial charge in [0.05, 0.1) is 31.4 Å². The lowest BCUT2D eigenvalue weighted by Crippen LogP contribution is -2.37. The average molecular weight is 466 g/mol. The Morgan fingerprint density at radius 2 is 2.15 bits per heavy atom. The van der Waals surface area contributed by atoms with Crippen molar-refractivity contribution in [3.05, 3.63) is 63.4 Å². The summed E-state index contributed by atoms with van der Waals surface area (Å²) < 4.78 is 7.29. The molecule has 5 rings (SSSR count). The van der Waals surface area contributed by atoms with E-state index >= 15 is 0 Å². The summed E-state index contributed by atoms with van der Waals surface area (Å²) in [7, 11) is 3.36. The standard InChI is InChI=1S/C24H27N5O3S/c1-27(12-18-14-33-15-25-18)24(31)22-20-13-28(23(30)17-4-3-5-19(10-17)32-2)9-8-21(20)29(26-22)11-16-6-7-16/h3-5,10,14-16H,6-9,11-13H2,1-2H3. The Kier molecular flexibility index (Phi) is 5.88. The summed E-state index contributed by atoms with van der Waals surface area (Å²) in [5, 5.41) is 6.71. The normalized spacial score (nSPS) is 15.3. The smallest absolute Gasteiger partial charge is 0.274 e. The molecule has 0 spiro atoms. The zero-order valence-corrected chi connectivity index (χ0v) is 19.7. The van der Waals surface area contributed by atoms with Gasteiger partial charge in [-0.25, -0.2) is 4.98 Å². The molecule has 172 valence electrons. The van der Waals surface area contributed by atoms with Gasteiger partial charge in [0, 0.05) is 48.8 Å². The van der Waals surface area contributed by atoms with E-state index < -0.39 is 0 Å². The number of amides is 2. The number of thiazole rings is 1. The molecule has 1 fully saturated rings. The SMILES string of the molecule is COc1cccc(C(=O)N2CCc3c(c(C(=O)N(C)Cc4cscn4)nn3CC3CC3)C2)c1. The number of rotatable bonds is 7. The van der Waals surface area contributed by atoms with Gasteiger partial charge in [-0.3, -0.25) is 14.3 Å². The van der Waals surface area contributed by atoms with Crippen LogP contribution in [0, 0.1) is 5.92 Å². The quantitative estimate of drug-likeness (QED) is 0.535. The van der Waals surface area contributed by atoms with Crippen LogP contribution in [0.15, 0.2) is 35.2 Å². The van der Waals surface area contributed by atoms with Crippen LogP contribution in [0.4, 0.5) is 0 Å². The zero-order chi connectivity index (χ0) is 22.9. The Morgan fingerprint density at radius 3 is 2.88 bits per heavy atom. The van der Waals surface area contributed by atoms with E-state index in [2.05, 4.69) is 4.98 Å². The van der Waals surface area contributed by atoms with Gasteiger partial charge in [-0.1, -0.05) is 6.07 Å². The van der Waals surface area contributed by atoms with Crippen molar-refractivity contribution < 1.29 is 14.3 Å². The number of methoxy groups -OCH3 is 1. The lowest BCUT2D eigenvalue weighted by atomic mass is 10.0. The molecule has 1 aliphatic carbocycles. The third-order valence-corrected chi connectivity index (χ3v) is 6.93. The van der Waals surface area contributed by atoms with E-state index in [1.807, 2.05) is 22.2 Å². The van der Waals surface area contributed by atoms with Gasteiger partial charge in [-0.05, 0) is 37.0 Å². The molecule has 0 bridgehead atoms. The number of hydrogen-bond donors (Lipinski definition) is 0. The van der Waals surface area contributed by atoms with Crippen LogP contribution >= 0.6 is 11.3 Å². The highest BCUT2D eigenvalue weighted by Gasteiger charge is 2.33. The molecule has 0 saturated heterocycles. The number of benzene rings is 1. The van der Waals surface area contributed by atoms with Crippen LogP contribution in [0.5, 0.6) is 5.75 Å². The fourth-order valence-electron chi connectivity index (χ4n) is 4.28. The third kappa shape index (κ3) is 4.50. The summed E-state index contributed by atoms with van der Waals surface area (Å²) in [6.45, 7) is 2.25. The van der Waals surface area contributed by atoms with Gasteiger partial charge in [0.2, 0.25) is 0 Å². The maximum atomic E-state index is 13.4. The van der Waals surface area contributed by atoms with Crippen molar-refractivity contribution >= 4 is 23.2 Å². The van der Waals surface area contributed by atoms with Crippen LogP contribution < -0.4 is 4.74 Å². The summed E-state index contributed by atoms with van der Waals surface area (Å²) in [5.41, 5.74) is 5.61. The minimum atomic E-state index is -0.135. The van der Waals surface area contributed by atoms with Crippen LogP contribution in [0.3, 0.4) is 0 Å². The van der Waals surface area contributed by atoms with Crippen molar-refractivity contribution in [2.24, 2.45) is 5.92 Å². The fourth-order valence-corrected chi connectivity index (χ4v) is 4.83. The van der Waals surface area contributed by atoms with E-state index in [1.54, 1.807) is 41.6 Å². The van der Waals surface area contributed by atoms with E-state index in [0.717, 1.165) is 23.5 Å². The number of carbonyl (C=O) groups is 2. The maximum Gasteiger partial charge on any atom is 0.274 e. The minimum absolute atomic E-state index is 0.0660. The number of hydrogen-bond acceptors (Lipinski definition) is 6. The van der Waals surface area contributed by atoms with Crippen molar-refractivity contribution in [3.8, 4) is 5.75 Å².